The van der Waals surface area contributed by atoms with E-state index in [0.717, 1.165) is 6.42 Å². The molecule has 0 aromatic rings. The first-order chi connectivity index (χ1) is 4.81. The summed E-state index contributed by atoms with van der Waals surface area (Å²) in [7, 11) is 0. The van der Waals surface area contributed by atoms with Gasteiger partial charge in [-0.2, -0.15) is 0 Å². The Morgan fingerprint density at radius 1 is 1.30 bits per heavy atom. The zero-order valence-corrected chi connectivity index (χ0v) is 7.35. The van der Waals surface area contributed by atoms with Crippen molar-refractivity contribution in [1.82, 2.24) is 0 Å². The molecule has 0 aliphatic carbocycles. The predicted octanol–water partition coefficient (Wildman–Crippen LogP) is 3.70. The topological polar surface area (TPSA) is 0 Å². The Morgan fingerprint density at radius 3 is 2.50 bits per heavy atom. The van der Waals surface area contributed by atoms with Crippen LogP contribution in [0.1, 0.15) is 40.0 Å². The van der Waals surface area contributed by atoms with Crippen LogP contribution in [0.2, 0.25) is 0 Å². The van der Waals surface area contributed by atoms with Gasteiger partial charge in [0.25, 0.3) is 0 Å². The van der Waals surface area contributed by atoms with Gasteiger partial charge in [-0.25, -0.2) is 0 Å². The van der Waals surface area contributed by atoms with Crippen LogP contribution in [0.25, 0.3) is 0 Å². The Labute approximate surface area is 64.6 Å². The minimum Gasteiger partial charge on any atom is -0.0848 e. The molecule has 0 heteroatoms. The lowest BCUT2D eigenvalue weighted by atomic mass is 10.1. The second-order valence-corrected chi connectivity index (χ2v) is 2.60. The van der Waals surface area contributed by atoms with Crippen molar-refractivity contribution in [2.45, 2.75) is 40.0 Å². The maximum Gasteiger partial charge on any atom is -0.0323 e. The van der Waals surface area contributed by atoms with E-state index in [1.54, 1.807) is 0 Å². The van der Waals surface area contributed by atoms with Crippen LogP contribution in [0.4, 0.5) is 0 Å². The summed E-state index contributed by atoms with van der Waals surface area (Å²) in [5.41, 5.74) is 1.48. The molecule has 0 aliphatic heterocycles. The molecule has 0 saturated heterocycles. The summed E-state index contributed by atoms with van der Waals surface area (Å²) in [6, 6.07) is 0. The molecule has 0 N–H and O–H groups in total. The zero-order chi connectivity index (χ0) is 7.82. The fourth-order valence-corrected chi connectivity index (χ4v) is 0.846. The molecular formula is C10H18. The second-order valence-electron chi connectivity index (χ2n) is 2.60. The van der Waals surface area contributed by atoms with Gasteiger partial charge in [0.15, 0.2) is 0 Å². The average molecular weight is 138 g/mol. The molecule has 0 atom stereocenters. The van der Waals surface area contributed by atoms with Gasteiger partial charge in [-0.3, -0.25) is 0 Å². The molecule has 0 aromatic carbocycles. The number of hydrogen-bond donors (Lipinski definition) is 0. The summed E-state index contributed by atoms with van der Waals surface area (Å²) in [5.74, 6) is 0. The lowest BCUT2D eigenvalue weighted by Gasteiger charge is -1.92. The third kappa shape index (κ3) is 5.61. The highest BCUT2D eigenvalue weighted by molar-refractivity contribution is 5.09. The molecule has 0 rings (SSSR count). The van der Waals surface area contributed by atoms with Crippen molar-refractivity contribution in [3.05, 3.63) is 23.8 Å². The fourth-order valence-electron chi connectivity index (χ4n) is 0.846. The fraction of sp³-hybridized carbons (Fsp3) is 0.600. The van der Waals surface area contributed by atoms with Crippen molar-refractivity contribution in [2.75, 3.05) is 0 Å². The van der Waals surface area contributed by atoms with Crippen molar-refractivity contribution in [3.63, 3.8) is 0 Å². The van der Waals surface area contributed by atoms with E-state index in [-0.39, 0.29) is 0 Å². The van der Waals surface area contributed by atoms with Gasteiger partial charge in [-0.15, -0.1) is 0 Å². The lowest BCUT2D eigenvalue weighted by molar-refractivity contribution is 0.905. The van der Waals surface area contributed by atoms with Crippen molar-refractivity contribution in [3.8, 4) is 0 Å². The summed E-state index contributed by atoms with van der Waals surface area (Å²) in [4.78, 5) is 0. The van der Waals surface area contributed by atoms with Gasteiger partial charge in [0.1, 0.15) is 0 Å². The minimum atomic E-state index is 1.13. The van der Waals surface area contributed by atoms with Crippen molar-refractivity contribution >= 4 is 0 Å². The van der Waals surface area contributed by atoms with Crippen LogP contribution in [-0.4, -0.2) is 0 Å². The molecule has 0 saturated carbocycles. The highest BCUT2D eigenvalue weighted by atomic mass is 13.9. The SMILES string of the molecule is CCC=CC=C(C)CCC. The molecule has 58 valence electrons. The van der Waals surface area contributed by atoms with Crippen LogP contribution in [0.3, 0.4) is 0 Å². The van der Waals surface area contributed by atoms with E-state index in [4.69, 9.17) is 0 Å². The first-order valence-electron chi connectivity index (χ1n) is 4.13. The van der Waals surface area contributed by atoms with E-state index in [0.29, 0.717) is 0 Å². The summed E-state index contributed by atoms with van der Waals surface area (Å²) in [6.45, 7) is 6.55. The molecule has 0 aromatic heterocycles. The summed E-state index contributed by atoms with van der Waals surface area (Å²) < 4.78 is 0. The normalized spacial score (nSPS) is 12.9. The molecule has 0 amide bonds. The monoisotopic (exact) mass is 138 g/mol. The number of rotatable bonds is 4. The van der Waals surface area contributed by atoms with Gasteiger partial charge < -0.3 is 0 Å². The van der Waals surface area contributed by atoms with Crippen molar-refractivity contribution in [2.24, 2.45) is 0 Å². The van der Waals surface area contributed by atoms with Crippen molar-refractivity contribution in [1.29, 1.82) is 0 Å². The Hall–Kier alpha value is -0.520. The molecule has 0 nitrogen and oxygen atoms in total. The highest BCUT2D eigenvalue weighted by Crippen LogP contribution is 2.02. The maximum absolute atomic E-state index is 2.21. The van der Waals surface area contributed by atoms with Gasteiger partial charge in [0.05, 0.1) is 0 Å². The van der Waals surface area contributed by atoms with Crippen LogP contribution < -0.4 is 0 Å². The molecule has 0 fully saturated rings. The Morgan fingerprint density at radius 2 is 2.00 bits per heavy atom. The molecule has 0 bridgehead atoms. The summed E-state index contributed by atoms with van der Waals surface area (Å²) >= 11 is 0. The third-order valence-electron chi connectivity index (χ3n) is 1.40. The van der Waals surface area contributed by atoms with Crippen LogP contribution in [0.15, 0.2) is 23.8 Å². The Balaban J connectivity index is 3.56. The molecule has 0 heterocycles. The Bertz CT molecular complexity index is 118. The molecule has 10 heavy (non-hydrogen) atoms. The smallest absolute Gasteiger partial charge is 0.0323 e. The van der Waals surface area contributed by atoms with Crippen LogP contribution in [0.5, 0.6) is 0 Å². The molecule has 0 unspecified atom stereocenters. The lowest BCUT2D eigenvalue weighted by Crippen LogP contribution is -1.72. The number of allylic oxidation sites excluding steroid dienone is 4. The van der Waals surface area contributed by atoms with E-state index in [1.807, 2.05) is 0 Å². The van der Waals surface area contributed by atoms with Crippen LogP contribution in [-0.2, 0) is 0 Å². The molecule has 0 radical (unpaired) electrons. The maximum atomic E-state index is 2.21. The predicted molar refractivity (Wildman–Crippen MR) is 48.1 cm³/mol. The van der Waals surface area contributed by atoms with E-state index in [1.165, 1.54) is 18.4 Å². The molecule has 0 aliphatic rings. The van der Waals surface area contributed by atoms with E-state index in [9.17, 15) is 0 Å². The first-order valence-corrected chi connectivity index (χ1v) is 4.13. The van der Waals surface area contributed by atoms with E-state index in [2.05, 4.69) is 39.0 Å². The zero-order valence-electron chi connectivity index (χ0n) is 7.35. The summed E-state index contributed by atoms with van der Waals surface area (Å²) in [5, 5.41) is 0. The van der Waals surface area contributed by atoms with E-state index < -0.39 is 0 Å². The van der Waals surface area contributed by atoms with E-state index >= 15 is 0 Å². The quantitative estimate of drug-likeness (QED) is 0.520. The number of hydrogen-bond acceptors (Lipinski definition) is 0. The van der Waals surface area contributed by atoms with Crippen molar-refractivity contribution < 1.29 is 0 Å². The van der Waals surface area contributed by atoms with Gasteiger partial charge in [0.2, 0.25) is 0 Å². The minimum absolute atomic E-state index is 1.13. The highest BCUT2D eigenvalue weighted by Gasteiger charge is 1.81. The van der Waals surface area contributed by atoms with Crippen LogP contribution >= 0.6 is 0 Å². The van der Waals surface area contributed by atoms with Gasteiger partial charge in [-0.05, 0) is 19.8 Å². The van der Waals surface area contributed by atoms with Gasteiger partial charge in [-0.1, -0.05) is 44.1 Å². The third-order valence-corrected chi connectivity index (χ3v) is 1.40. The largest absolute Gasteiger partial charge is 0.0848 e. The second kappa shape index (κ2) is 6.60. The van der Waals surface area contributed by atoms with Crippen LogP contribution in [0, 0.1) is 0 Å². The Kier molecular flexibility index (Phi) is 6.25. The first kappa shape index (κ1) is 9.48. The standard InChI is InChI=1S/C10H18/c1-4-6-7-9-10(3)8-5-2/h6-7,9H,4-5,8H2,1-3H3. The summed E-state index contributed by atoms with van der Waals surface area (Å²) in [6.07, 6.45) is 10.1. The van der Waals surface area contributed by atoms with Gasteiger partial charge in [0, 0.05) is 0 Å². The molecule has 0 spiro atoms. The molecular weight excluding hydrogens is 120 g/mol. The van der Waals surface area contributed by atoms with Gasteiger partial charge >= 0.3 is 0 Å². The average Bonchev–Trinajstić information content (AvgIpc) is 1.89.